The van der Waals surface area contributed by atoms with Gasteiger partial charge in [0.2, 0.25) is 0 Å². The molecular formula is C21H18BrClN4O3. The molecule has 1 saturated heterocycles. The van der Waals surface area contributed by atoms with Gasteiger partial charge in [-0.1, -0.05) is 27.5 Å². The molecule has 0 radical (unpaired) electrons. The average Bonchev–Trinajstić information content (AvgIpc) is 3.02. The number of nitrogens with zero attached hydrogens (tertiary/aromatic N) is 2. The quantitative estimate of drug-likeness (QED) is 0.689. The van der Waals surface area contributed by atoms with Crippen LogP contribution in [0.4, 0.5) is 16.2 Å². The standard InChI is InChI=1S/C21H18BrClN4O3/c1-11-9-13(5-8-16(11)22)24-19(28)15-10-26(2)18-17(15)25-21(30)27(20(18)29)14-6-3-12(23)4-7-14/h3-10,17-18H,1-2H3,(H,24,28)(H,25,30). The summed E-state index contributed by atoms with van der Waals surface area (Å²) in [6.45, 7) is 1.92. The molecule has 7 nitrogen and oxygen atoms in total. The van der Waals surface area contributed by atoms with Crippen molar-refractivity contribution in [3.63, 3.8) is 0 Å². The molecule has 2 unspecified atom stereocenters. The van der Waals surface area contributed by atoms with Crippen LogP contribution in [0.5, 0.6) is 0 Å². The molecule has 0 saturated carbocycles. The molecule has 4 rings (SSSR count). The molecule has 0 aliphatic carbocycles. The van der Waals surface area contributed by atoms with E-state index in [1.165, 1.54) is 0 Å². The molecule has 0 spiro atoms. The van der Waals surface area contributed by atoms with E-state index in [1.807, 2.05) is 19.1 Å². The van der Waals surface area contributed by atoms with Gasteiger partial charge in [0.25, 0.3) is 11.8 Å². The molecule has 0 aromatic heterocycles. The number of nitrogens with one attached hydrogen (secondary N) is 2. The number of aryl methyl sites for hydroxylation is 1. The molecule has 2 aliphatic rings. The molecule has 2 heterocycles. The third-order valence-electron chi connectivity index (χ3n) is 5.15. The van der Waals surface area contributed by atoms with Crippen molar-refractivity contribution in [3.8, 4) is 0 Å². The Balaban J connectivity index is 1.57. The van der Waals surface area contributed by atoms with Crippen molar-refractivity contribution in [1.29, 1.82) is 0 Å². The number of carbonyl (C=O) groups is 3. The van der Waals surface area contributed by atoms with Crippen LogP contribution < -0.4 is 15.5 Å². The Morgan fingerprint density at radius 2 is 1.87 bits per heavy atom. The van der Waals surface area contributed by atoms with Crippen molar-refractivity contribution in [3.05, 3.63) is 69.3 Å². The van der Waals surface area contributed by atoms with Crippen molar-refractivity contribution in [2.75, 3.05) is 17.3 Å². The number of anilines is 2. The van der Waals surface area contributed by atoms with Crippen LogP contribution in [0.2, 0.25) is 5.02 Å². The van der Waals surface area contributed by atoms with Gasteiger partial charge in [0.1, 0.15) is 6.04 Å². The van der Waals surface area contributed by atoms with E-state index in [1.54, 1.807) is 48.5 Å². The van der Waals surface area contributed by atoms with E-state index < -0.39 is 24.0 Å². The van der Waals surface area contributed by atoms with Crippen LogP contribution >= 0.6 is 27.5 Å². The predicted molar refractivity (Wildman–Crippen MR) is 118 cm³/mol. The lowest BCUT2D eigenvalue weighted by Gasteiger charge is -2.37. The van der Waals surface area contributed by atoms with Gasteiger partial charge in [-0.3, -0.25) is 9.59 Å². The second-order valence-corrected chi connectivity index (χ2v) is 8.48. The highest BCUT2D eigenvalue weighted by Crippen LogP contribution is 2.30. The predicted octanol–water partition coefficient (Wildman–Crippen LogP) is 3.67. The maximum atomic E-state index is 13.1. The molecule has 1 fully saturated rings. The summed E-state index contributed by atoms with van der Waals surface area (Å²) in [5.41, 5.74) is 2.34. The molecule has 154 valence electrons. The second-order valence-electron chi connectivity index (χ2n) is 7.19. The Kier molecular flexibility index (Phi) is 5.29. The van der Waals surface area contributed by atoms with Crippen LogP contribution in [0, 0.1) is 6.92 Å². The number of imide groups is 1. The first-order valence-electron chi connectivity index (χ1n) is 9.17. The van der Waals surface area contributed by atoms with Crippen LogP contribution in [0.3, 0.4) is 0 Å². The summed E-state index contributed by atoms with van der Waals surface area (Å²) in [5, 5.41) is 6.14. The first-order chi connectivity index (χ1) is 14.3. The van der Waals surface area contributed by atoms with Gasteiger partial charge in [-0.2, -0.15) is 0 Å². The maximum absolute atomic E-state index is 13.1. The summed E-state index contributed by atoms with van der Waals surface area (Å²) in [6.07, 6.45) is 1.60. The molecule has 2 aromatic rings. The first-order valence-corrected chi connectivity index (χ1v) is 10.3. The number of hydrogen-bond acceptors (Lipinski definition) is 4. The zero-order valence-corrected chi connectivity index (χ0v) is 18.5. The second kappa shape index (κ2) is 7.77. The van der Waals surface area contributed by atoms with E-state index in [4.69, 9.17) is 11.6 Å². The number of carbonyl (C=O) groups excluding carboxylic acids is 3. The van der Waals surface area contributed by atoms with Gasteiger partial charge >= 0.3 is 6.03 Å². The Bertz CT molecular complexity index is 1090. The minimum Gasteiger partial charge on any atom is -0.366 e. The van der Waals surface area contributed by atoms with Gasteiger partial charge in [0.05, 0.1) is 17.3 Å². The fraction of sp³-hybridized carbons (Fsp3) is 0.190. The van der Waals surface area contributed by atoms with Crippen molar-refractivity contribution < 1.29 is 14.4 Å². The van der Waals surface area contributed by atoms with Gasteiger partial charge in [0.15, 0.2) is 0 Å². The SMILES string of the molecule is Cc1cc(NC(=O)C2=CN(C)C3C(=O)N(c4ccc(Cl)cc4)C(=O)NC23)ccc1Br. The highest BCUT2D eigenvalue weighted by atomic mass is 79.9. The van der Waals surface area contributed by atoms with Gasteiger partial charge in [-0.15, -0.1) is 0 Å². The number of urea groups is 1. The molecule has 4 amide bonds. The lowest BCUT2D eigenvalue weighted by molar-refractivity contribution is -0.122. The van der Waals surface area contributed by atoms with E-state index in [9.17, 15) is 14.4 Å². The number of rotatable bonds is 3. The van der Waals surface area contributed by atoms with Crippen LogP contribution in [0.1, 0.15) is 5.56 Å². The summed E-state index contributed by atoms with van der Waals surface area (Å²) < 4.78 is 0.938. The fourth-order valence-corrected chi connectivity index (χ4v) is 4.02. The Hall–Kier alpha value is -2.84. The largest absolute Gasteiger partial charge is 0.366 e. The topological polar surface area (TPSA) is 81.8 Å². The van der Waals surface area contributed by atoms with E-state index in [2.05, 4.69) is 26.6 Å². The smallest absolute Gasteiger partial charge is 0.329 e. The van der Waals surface area contributed by atoms with E-state index in [-0.39, 0.29) is 5.91 Å². The van der Waals surface area contributed by atoms with Gasteiger partial charge in [0, 0.05) is 28.4 Å². The summed E-state index contributed by atoms with van der Waals surface area (Å²) in [6, 6.07) is 9.84. The number of halogens is 2. The lowest BCUT2D eigenvalue weighted by Crippen LogP contribution is -2.65. The van der Waals surface area contributed by atoms with Crippen molar-refractivity contribution in [2.24, 2.45) is 0 Å². The van der Waals surface area contributed by atoms with Crippen molar-refractivity contribution >= 4 is 56.8 Å². The first kappa shape index (κ1) is 20.4. The van der Waals surface area contributed by atoms with Crippen LogP contribution in [-0.2, 0) is 9.59 Å². The third-order valence-corrected chi connectivity index (χ3v) is 6.29. The highest BCUT2D eigenvalue weighted by molar-refractivity contribution is 9.10. The molecule has 0 bridgehead atoms. The van der Waals surface area contributed by atoms with E-state index in [0.29, 0.717) is 22.0 Å². The highest BCUT2D eigenvalue weighted by Gasteiger charge is 2.49. The molecule has 2 aromatic carbocycles. The molecule has 2 aliphatic heterocycles. The summed E-state index contributed by atoms with van der Waals surface area (Å²) in [7, 11) is 1.71. The minimum absolute atomic E-state index is 0.320. The summed E-state index contributed by atoms with van der Waals surface area (Å²) in [5.74, 6) is -0.781. The molecule has 9 heteroatoms. The van der Waals surface area contributed by atoms with Gasteiger partial charge < -0.3 is 15.5 Å². The number of likely N-dealkylation sites (N-methyl/N-ethyl adjacent to an activating group) is 1. The van der Waals surface area contributed by atoms with Crippen molar-refractivity contribution in [2.45, 2.75) is 19.0 Å². The summed E-state index contributed by atoms with van der Waals surface area (Å²) >= 11 is 9.34. The minimum atomic E-state index is -0.741. The van der Waals surface area contributed by atoms with Crippen LogP contribution in [0.25, 0.3) is 0 Å². The lowest BCUT2D eigenvalue weighted by atomic mass is 9.99. The zero-order valence-electron chi connectivity index (χ0n) is 16.1. The number of hydrogen-bond donors (Lipinski definition) is 2. The van der Waals surface area contributed by atoms with E-state index >= 15 is 0 Å². The monoisotopic (exact) mass is 488 g/mol. The Labute approximate surface area is 186 Å². The summed E-state index contributed by atoms with van der Waals surface area (Å²) in [4.78, 5) is 41.5. The molecule has 2 N–H and O–H groups in total. The van der Waals surface area contributed by atoms with Gasteiger partial charge in [-0.05, 0) is 55.0 Å². The Morgan fingerprint density at radius 1 is 1.17 bits per heavy atom. The number of amides is 4. The maximum Gasteiger partial charge on any atom is 0.329 e. The normalized spacial score (nSPS) is 20.6. The fourth-order valence-electron chi connectivity index (χ4n) is 3.65. The number of fused-ring (bicyclic) bond motifs is 1. The third kappa shape index (κ3) is 3.57. The zero-order chi connectivity index (χ0) is 21.6. The van der Waals surface area contributed by atoms with Gasteiger partial charge in [-0.25, -0.2) is 9.69 Å². The van der Waals surface area contributed by atoms with Crippen LogP contribution in [0.15, 0.2) is 58.7 Å². The number of benzene rings is 2. The molecule has 2 atom stereocenters. The molecule has 30 heavy (non-hydrogen) atoms. The average molecular weight is 490 g/mol. The van der Waals surface area contributed by atoms with Crippen LogP contribution in [-0.4, -0.2) is 41.9 Å². The van der Waals surface area contributed by atoms with Crippen molar-refractivity contribution in [1.82, 2.24) is 10.2 Å². The molecular weight excluding hydrogens is 472 g/mol. The van der Waals surface area contributed by atoms with E-state index in [0.717, 1.165) is 14.9 Å². The Morgan fingerprint density at radius 3 is 2.53 bits per heavy atom.